The molecule has 0 aromatic heterocycles. The zero-order valence-corrected chi connectivity index (χ0v) is 13.4. The van der Waals surface area contributed by atoms with Crippen molar-refractivity contribution in [2.45, 2.75) is 50.5 Å². The minimum Gasteiger partial charge on any atom is -0.301 e. The molecule has 0 bridgehead atoms. The van der Waals surface area contributed by atoms with Gasteiger partial charge in [0.05, 0.1) is 11.3 Å². The zero-order valence-electron chi connectivity index (χ0n) is 13.4. The Hall–Kier alpha value is -2.66. The van der Waals surface area contributed by atoms with Crippen LogP contribution in [0.25, 0.3) is 5.57 Å². The molecular weight excluding hydrogens is 305 g/mol. The molecule has 0 unspecified atom stereocenters. The van der Waals surface area contributed by atoms with E-state index in [1.54, 1.807) is 4.90 Å². The third kappa shape index (κ3) is 1.73. The van der Waals surface area contributed by atoms with Crippen LogP contribution in [0.2, 0.25) is 0 Å². The number of carbonyl (C=O) groups excluding carboxylic acids is 1. The van der Waals surface area contributed by atoms with E-state index in [-0.39, 0.29) is 28.5 Å². The summed E-state index contributed by atoms with van der Waals surface area (Å²) in [6.07, 6.45) is 4.76. The van der Waals surface area contributed by atoms with Crippen LogP contribution in [0.5, 0.6) is 0 Å². The first kappa shape index (κ1) is 14.9. The highest BCUT2D eigenvalue weighted by Crippen LogP contribution is 2.56. The second-order valence-electron chi connectivity index (χ2n) is 7.04. The van der Waals surface area contributed by atoms with Crippen LogP contribution in [0.4, 0.5) is 10.1 Å². The number of carbonyl (C=O) groups is 1. The van der Waals surface area contributed by atoms with Gasteiger partial charge in [0.2, 0.25) is 0 Å². The Morgan fingerprint density at radius 1 is 1.29 bits per heavy atom. The molecule has 3 aliphatic rings. The number of fused-ring (bicyclic) bond motifs is 1. The number of anilines is 1. The van der Waals surface area contributed by atoms with Crippen LogP contribution in [-0.2, 0) is 4.79 Å². The van der Waals surface area contributed by atoms with Crippen molar-refractivity contribution >= 4 is 17.2 Å². The van der Waals surface area contributed by atoms with Crippen LogP contribution in [0.15, 0.2) is 17.7 Å². The lowest BCUT2D eigenvalue weighted by Crippen LogP contribution is -2.52. The number of nitriles is 2. The van der Waals surface area contributed by atoms with Crippen molar-refractivity contribution in [1.82, 2.24) is 0 Å². The molecule has 1 aromatic rings. The topological polar surface area (TPSA) is 67.9 Å². The summed E-state index contributed by atoms with van der Waals surface area (Å²) in [5.41, 5.74) is 1.51. The molecule has 1 atom stereocenters. The summed E-state index contributed by atoms with van der Waals surface area (Å²) in [7, 11) is 0. The van der Waals surface area contributed by atoms with Gasteiger partial charge < -0.3 is 4.90 Å². The first-order valence-corrected chi connectivity index (χ1v) is 8.25. The SMILES string of the molecule is C[C@@H]1CC2(CCCC2)N2C(=O)C(=C(C#N)C#N)c3cc(F)cc1c32. The fourth-order valence-electron chi connectivity index (χ4n) is 4.83. The highest BCUT2D eigenvalue weighted by atomic mass is 19.1. The van der Waals surface area contributed by atoms with E-state index >= 15 is 0 Å². The second-order valence-corrected chi connectivity index (χ2v) is 7.04. The Morgan fingerprint density at radius 3 is 2.58 bits per heavy atom. The molecule has 24 heavy (non-hydrogen) atoms. The van der Waals surface area contributed by atoms with Gasteiger partial charge in [0.1, 0.15) is 23.5 Å². The van der Waals surface area contributed by atoms with Crippen molar-refractivity contribution in [3.8, 4) is 12.1 Å². The maximum absolute atomic E-state index is 14.2. The Kier molecular flexibility index (Phi) is 3.05. The molecule has 0 saturated heterocycles. The van der Waals surface area contributed by atoms with E-state index in [9.17, 15) is 19.7 Å². The maximum atomic E-state index is 14.2. The van der Waals surface area contributed by atoms with Crippen molar-refractivity contribution < 1.29 is 9.18 Å². The molecule has 0 radical (unpaired) electrons. The van der Waals surface area contributed by atoms with Crippen LogP contribution in [0.1, 0.15) is 56.1 Å². The summed E-state index contributed by atoms with van der Waals surface area (Å²) < 4.78 is 14.2. The minimum atomic E-state index is -0.430. The summed E-state index contributed by atoms with van der Waals surface area (Å²) in [6, 6.07) is 6.40. The first-order valence-electron chi connectivity index (χ1n) is 8.25. The Labute approximate surface area is 139 Å². The predicted molar refractivity (Wildman–Crippen MR) is 86.3 cm³/mol. The number of nitrogens with zero attached hydrogens (tertiary/aromatic N) is 3. The molecule has 0 N–H and O–H groups in total. The van der Waals surface area contributed by atoms with Gasteiger partial charge in [-0.1, -0.05) is 19.8 Å². The Morgan fingerprint density at radius 2 is 1.96 bits per heavy atom. The van der Waals surface area contributed by atoms with Crippen LogP contribution < -0.4 is 4.90 Å². The van der Waals surface area contributed by atoms with E-state index in [1.165, 1.54) is 12.1 Å². The van der Waals surface area contributed by atoms with Gasteiger partial charge in [-0.05, 0) is 42.9 Å². The quantitative estimate of drug-likeness (QED) is 0.539. The molecule has 1 fully saturated rings. The van der Waals surface area contributed by atoms with Crippen LogP contribution >= 0.6 is 0 Å². The number of hydrogen-bond donors (Lipinski definition) is 0. The highest BCUT2D eigenvalue weighted by Gasteiger charge is 2.53. The molecule has 1 aromatic carbocycles. The summed E-state index contributed by atoms with van der Waals surface area (Å²) in [5.74, 6) is -0.604. The lowest BCUT2D eigenvalue weighted by Gasteiger charge is -2.46. The molecule has 1 aliphatic carbocycles. The number of allylic oxidation sites excluding steroid dienone is 1. The number of hydrogen-bond acceptors (Lipinski definition) is 3. The number of halogens is 1. The fraction of sp³-hybridized carbons (Fsp3) is 0.421. The van der Waals surface area contributed by atoms with Gasteiger partial charge in [0.25, 0.3) is 5.91 Å². The van der Waals surface area contributed by atoms with Crippen molar-refractivity contribution in [1.29, 1.82) is 10.5 Å². The molecular formula is C19H16FN3O. The fourth-order valence-corrected chi connectivity index (χ4v) is 4.83. The number of benzene rings is 1. The van der Waals surface area contributed by atoms with Gasteiger partial charge in [-0.3, -0.25) is 4.79 Å². The molecule has 120 valence electrons. The number of amides is 1. The van der Waals surface area contributed by atoms with E-state index in [0.29, 0.717) is 5.56 Å². The molecule has 1 amide bonds. The molecule has 4 nitrogen and oxygen atoms in total. The highest BCUT2D eigenvalue weighted by molar-refractivity contribution is 6.35. The maximum Gasteiger partial charge on any atom is 0.261 e. The Balaban J connectivity index is 2.07. The van der Waals surface area contributed by atoms with Crippen LogP contribution in [-0.4, -0.2) is 11.4 Å². The Bertz CT molecular complexity index is 865. The average molecular weight is 321 g/mol. The average Bonchev–Trinajstić information content (AvgIpc) is 3.11. The van der Waals surface area contributed by atoms with Gasteiger partial charge in [-0.2, -0.15) is 10.5 Å². The van der Waals surface area contributed by atoms with Crippen molar-refractivity contribution in [3.63, 3.8) is 0 Å². The standard InChI is InChI=1S/C19H16FN3O/c1-11-8-19(4-2-3-5-19)23-17-14(11)6-13(20)7-15(17)16(18(23)24)12(9-21)10-22/h6-7,11H,2-5,8H2,1H3/t11-/m1/s1. The van der Waals surface area contributed by atoms with Crippen molar-refractivity contribution in [2.75, 3.05) is 4.90 Å². The zero-order chi connectivity index (χ0) is 17.1. The smallest absolute Gasteiger partial charge is 0.261 e. The summed E-state index contributed by atoms with van der Waals surface area (Å²) in [4.78, 5) is 14.9. The van der Waals surface area contributed by atoms with Gasteiger partial charge in [-0.25, -0.2) is 4.39 Å². The summed E-state index contributed by atoms with van der Waals surface area (Å²) in [6.45, 7) is 2.06. The largest absolute Gasteiger partial charge is 0.301 e. The molecule has 1 saturated carbocycles. The first-order chi connectivity index (χ1) is 11.5. The van der Waals surface area contributed by atoms with Crippen molar-refractivity contribution in [2.24, 2.45) is 0 Å². The second kappa shape index (κ2) is 4.92. The van der Waals surface area contributed by atoms with Gasteiger partial charge in [0.15, 0.2) is 0 Å². The predicted octanol–water partition coefficient (Wildman–Crippen LogP) is 3.79. The van der Waals surface area contributed by atoms with Gasteiger partial charge >= 0.3 is 0 Å². The van der Waals surface area contributed by atoms with Crippen molar-refractivity contribution in [3.05, 3.63) is 34.6 Å². The third-order valence-electron chi connectivity index (χ3n) is 5.71. The molecule has 4 rings (SSSR count). The lowest BCUT2D eigenvalue weighted by atomic mass is 9.77. The van der Waals surface area contributed by atoms with Gasteiger partial charge in [-0.15, -0.1) is 0 Å². The van der Waals surface area contributed by atoms with Crippen LogP contribution in [0, 0.1) is 28.5 Å². The lowest BCUT2D eigenvalue weighted by molar-refractivity contribution is -0.114. The van der Waals surface area contributed by atoms with Crippen LogP contribution in [0.3, 0.4) is 0 Å². The van der Waals surface area contributed by atoms with E-state index < -0.39 is 5.82 Å². The van der Waals surface area contributed by atoms with Gasteiger partial charge in [0, 0.05) is 11.1 Å². The number of rotatable bonds is 0. The minimum absolute atomic E-state index is 0.0659. The van der Waals surface area contributed by atoms with E-state index in [4.69, 9.17) is 0 Å². The summed E-state index contributed by atoms with van der Waals surface area (Å²) >= 11 is 0. The van der Waals surface area contributed by atoms with E-state index in [1.807, 2.05) is 12.1 Å². The monoisotopic (exact) mass is 321 g/mol. The molecule has 1 spiro atoms. The molecule has 2 heterocycles. The van der Waals surface area contributed by atoms with E-state index in [0.717, 1.165) is 43.4 Å². The summed E-state index contributed by atoms with van der Waals surface area (Å²) in [5, 5.41) is 18.5. The third-order valence-corrected chi connectivity index (χ3v) is 5.71. The normalized spacial score (nSPS) is 23.2. The molecule has 5 heteroatoms. The van der Waals surface area contributed by atoms with E-state index in [2.05, 4.69) is 6.92 Å². The molecule has 2 aliphatic heterocycles.